The average molecular weight is 357 g/mol. The van der Waals surface area contributed by atoms with Crippen molar-refractivity contribution in [3.8, 4) is 0 Å². The molecule has 20 heavy (non-hydrogen) atoms. The van der Waals surface area contributed by atoms with Crippen LogP contribution in [0, 0.1) is 6.92 Å². The van der Waals surface area contributed by atoms with Crippen LogP contribution in [-0.4, -0.2) is 15.9 Å². The van der Waals surface area contributed by atoms with Gasteiger partial charge in [-0.15, -0.1) is 0 Å². The second kappa shape index (κ2) is 6.17. The smallest absolute Gasteiger partial charge is 0.277 e. The first kappa shape index (κ1) is 14.7. The summed E-state index contributed by atoms with van der Waals surface area (Å²) < 4.78 is 0.862. The maximum absolute atomic E-state index is 12.1. The molecule has 2 heterocycles. The molecule has 0 aliphatic heterocycles. The average Bonchev–Trinajstić information content (AvgIpc) is 2.43. The van der Waals surface area contributed by atoms with Crippen molar-refractivity contribution in [2.45, 2.75) is 6.92 Å². The van der Waals surface area contributed by atoms with Gasteiger partial charge in [0.25, 0.3) is 5.91 Å². The Kier molecular flexibility index (Phi) is 4.53. The molecule has 0 fully saturated rings. The van der Waals surface area contributed by atoms with Crippen molar-refractivity contribution < 1.29 is 4.79 Å². The van der Waals surface area contributed by atoms with Crippen LogP contribution in [0.3, 0.4) is 0 Å². The Morgan fingerprint density at radius 2 is 2.15 bits per heavy atom. The summed E-state index contributed by atoms with van der Waals surface area (Å²) in [6.45, 7) is 1.89. The number of pyridine rings is 2. The van der Waals surface area contributed by atoms with E-state index in [1.165, 1.54) is 0 Å². The van der Waals surface area contributed by atoms with Crippen LogP contribution in [-0.2, 0) is 0 Å². The number of halogens is 2. The van der Waals surface area contributed by atoms with Gasteiger partial charge in [0.05, 0.1) is 5.02 Å². The third kappa shape index (κ3) is 3.24. The lowest BCUT2D eigenvalue weighted by molar-refractivity contribution is 0.102. The molecule has 104 valence electrons. The zero-order chi connectivity index (χ0) is 14.7. The third-order valence-corrected chi connectivity index (χ3v) is 3.63. The van der Waals surface area contributed by atoms with Gasteiger partial charge in [-0.2, -0.15) is 0 Å². The molecule has 0 saturated carbocycles. The highest BCUT2D eigenvalue weighted by Crippen LogP contribution is 2.20. The molecule has 0 radical (unpaired) electrons. The third-order valence-electron chi connectivity index (χ3n) is 2.50. The Hall–Kier alpha value is -1.70. The molecule has 0 bridgehead atoms. The van der Waals surface area contributed by atoms with E-state index in [1.54, 1.807) is 24.4 Å². The van der Waals surface area contributed by atoms with E-state index >= 15 is 0 Å². The van der Waals surface area contributed by atoms with Crippen LogP contribution < -0.4 is 16.6 Å². The molecule has 0 aliphatic rings. The zero-order valence-corrected chi connectivity index (χ0v) is 12.8. The van der Waals surface area contributed by atoms with Gasteiger partial charge in [-0.25, -0.2) is 15.8 Å². The summed E-state index contributed by atoms with van der Waals surface area (Å²) in [5.41, 5.74) is 3.38. The minimum atomic E-state index is -0.457. The van der Waals surface area contributed by atoms with Crippen LogP contribution in [0.5, 0.6) is 0 Å². The van der Waals surface area contributed by atoms with Gasteiger partial charge < -0.3 is 10.7 Å². The highest BCUT2D eigenvalue weighted by molar-refractivity contribution is 9.10. The molecule has 0 saturated heterocycles. The lowest BCUT2D eigenvalue weighted by atomic mass is 10.3. The Morgan fingerprint density at radius 1 is 1.40 bits per heavy atom. The number of hydrogen-bond donors (Lipinski definition) is 3. The van der Waals surface area contributed by atoms with Crippen molar-refractivity contribution >= 4 is 45.1 Å². The molecule has 8 heteroatoms. The molecule has 0 aromatic carbocycles. The SMILES string of the molecule is Cc1cc(NC(=O)c2nc(NN)ccc2Cl)ncc1Br. The van der Waals surface area contributed by atoms with E-state index in [9.17, 15) is 4.79 Å². The fourth-order valence-corrected chi connectivity index (χ4v) is 1.87. The van der Waals surface area contributed by atoms with Crippen molar-refractivity contribution in [3.63, 3.8) is 0 Å². The van der Waals surface area contributed by atoms with Crippen molar-refractivity contribution in [2.75, 3.05) is 10.7 Å². The molecule has 0 atom stereocenters. The summed E-state index contributed by atoms with van der Waals surface area (Å²) in [6, 6.07) is 4.85. The summed E-state index contributed by atoms with van der Waals surface area (Å²) in [5.74, 6) is 5.56. The van der Waals surface area contributed by atoms with Gasteiger partial charge in [-0.05, 0) is 46.6 Å². The maximum atomic E-state index is 12.1. The molecule has 4 N–H and O–H groups in total. The number of nitrogens with one attached hydrogen (secondary N) is 2. The predicted molar refractivity (Wildman–Crippen MR) is 81.7 cm³/mol. The van der Waals surface area contributed by atoms with Crippen LogP contribution in [0.2, 0.25) is 5.02 Å². The lowest BCUT2D eigenvalue weighted by Gasteiger charge is -2.08. The predicted octanol–water partition coefficient (Wildman–Crippen LogP) is 2.74. The number of rotatable bonds is 3. The molecule has 0 aliphatic carbocycles. The molecule has 2 aromatic rings. The molecule has 2 aromatic heterocycles. The quantitative estimate of drug-likeness (QED) is 0.581. The zero-order valence-electron chi connectivity index (χ0n) is 10.4. The first-order valence-corrected chi connectivity index (χ1v) is 6.75. The first-order chi connectivity index (χ1) is 9.51. The molecular formula is C12H11BrClN5O. The summed E-state index contributed by atoms with van der Waals surface area (Å²) in [6.07, 6.45) is 1.61. The van der Waals surface area contributed by atoms with Crippen molar-refractivity contribution in [1.82, 2.24) is 9.97 Å². The number of nitrogen functional groups attached to an aromatic ring is 1. The van der Waals surface area contributed by atoms with Gasteiger partial charge >= 0.3 is 0 Å². The highest BCUT2D eigenvalue weighted by atomic mass is 79.9. The Bertz CT molecular complexity index is 664. The summed E-state index contributed by atoms with van der Waals surface area (Å²) in [4.78, 5) is 20.2. The monoisotopic (exact) mass is 355 g/mol. The molecule has 1 amide bonds. The summed E-state index contributed by atoms with van der Waals surface area (Å²) >= 11 is 9.29. The van der Waals surface area contributed by atoms with E-state index in [1.807, 2.05) is 6.92 Å². The van der Waals surface area contributed by atoms with E-state index in [4.69, 9.17) is 17.4 Å². The Balaban J connectivity index is 2.25. The number of aryl methyl sites for hydroxylation is 1. The van der Waals surface area contributed by atoms with Crippen LogP contribution in [0.1, 0.15) is 16.1 Å². The van der Waals surface area contributed by atoms with Gasteiger partial charge in [0.15, 0.2) is 0 Å². The van der Waals surface area contributed by atoms with Gasteiger partial charge in [0, 0.05) is 10.7 Å². The number of carbonyl (C=O) groups is 1. The normalized spacial score (nSPS) is 10.2. The topological polar surface area (TPSA) is 92.9 Å². The van der Waals surface area contributed by atoms with Crippen molar-refractivity contribution in [3.05, 3.63) is 45.1 Å². The van der Waals surface area contributed by atoms with Crippen molar-refractivity contribution in [2.24, 2.45) is 5.84 Å². The minimum absolute atomic E-state index is 0.0736. The van der Waals surface area contributed by atoms with Gasteiger partial charge in [0.1, 0.15) is 17.3 Å². The fraction of sp³-hybridized carbons (Fsp3) is 0.0833. The number of hydrogen-bond acceptors (Lipinski definition) is 5. The summed E-state index contributed by atoms with van der Waals surface area (Å²) in [7, 11) is 0. The fourth-order valence-electron chi connectivity index (χ4n) is 1.46. The molecule has 6 nitrogen and oxygen atoms in total. The summed E-state index contributed by atoms with van der Waals surface area (Å²) in [5, 5.41) is 2.86. The standard InChI is InChI=1S/C12H11BrClN5O/c1-6-4-10(16-5-7(6)13)18-12(20)11-8(14)2-3-9(17-11)19-15/h2-5H,15H2,1H3,(H,17,19)(H,16,18,20). The van der Waals surface area contributed by atoms with Crippen molar-refractivity contribution in [1.29, 1.82) is 0 Å². The van der Waals surface area contributed by atoms with Gasteiger partial charge in [-0.1, -0.05) is 11.6 Å². The van der Waals surface area contributed by atoms with Gasteiger partial charge in [-0.3, -0.25) is 4.79 Å². The van der Waals surface area contributed by atoms with Crippen LogP contribution in [0.4, 0.5) is 11.6 Å². The number of anilines is 2. The maximum Gasteiger partial charge on any atom is 0.277 e. The van der Waals surface area contributed by atoms with E-state index in [-0.39, 0.29) is 10.7 Å². The second-order valence-corrected chi connectivity index (χ2v) is 5.21. The first-order valence-electron chi connectivity index (χ1n) is 5.58. The second-order valence-electron chi connectivity index (χ2n) is 3.94. The lowest BCUT2D eigenvalue weighted by Crippen LogP contribution is -2.17. The van der Waals surface area contributed by atoms with E-state index in [2.05, 4.69) is 36.6 Å². The van der Waals surface area contributed by atoms with E-state index < -0.39 is 5.91 Å². The number of hydrazine groups is 1. The Labute approximate surface area is 128 Å². The van der Waals surface area contributed by atoms with Crippen LogP contribution >= 0.6 is 27.5 Å². The number of nitrogens with two attached hydrogens (primary N) is 1. The number of amides is 1. The van der Waals surface area contributed by atoms with Crippen LogP contribution in [0.25, 0.3) is 0 Å². The number of nitrogens with zero attached hydrogens (tertiary/aromatic N) is 2. The largest absolute Gasteiger partial charge is 0.308 e. The number of carbonyl (C=O) groups excluding carboxylic acids is 1. The molecule has 0 spiro atoms. The van der Waals surface area contributed by atoms with Crippen LogP contribution in [0.15, 0.2) is 28.9 Å². The number of aromatic nitrogens is 2. The molecule has 0 unspecified atom stereocenters. The van der Waals surface area contributed by atoms with Gasteiger partial charge in [0.2, 0.25) is 0 Å². The van der Waals surface area contributed by atoms with E-state index in [0.717, 1.165) is 10.0 Å². The molecular weight excluding hydrogens is 346 g/mol. The molecule has 2 rings (SSSR count). The Morgan fingerprint density at radius 3 is 2.80 bits per heavy atom. The highest BCUT2D eigenvalue weighted by Gasteiger charge is 2.14. The van der Waals surface area contributed by atoms with E-state index in [0.29, 0.717) is 11.6 Å². The minimum Gasteiger partial charge on any atom is -0.308 e.